The first-order valence-corrected chi connectivity index (χ1v) is 7.14. The Labute approximate surface area is 123 Å². The molecule has 2 aromatic rings. The topological polar surface area (TPSA) is 40.6 Å². The Hall–Kier alpha value is -2.23. The summed E-state index contributed by atoms with van der Waals surface area (Å²) in [4.78, 5) is 4.62. The van der Waals surface area contributed by atoms with Crippen molar-refractivity contribution in [3.63, 3.8) is 0 Å². The zero-order chi connectivity index (χ0) is 14.6. The maximum atomic E-state index is 6.04. The van der Waals surface area contributed by atoms with E-state index in [4.69, 9.17) is 14.2 Å². The molecule has 0 amide bonds. The van der Waals surface area contributed by atoms with Crippen LogP contribution >= 0.6 is 0 Å². The van der Waals surface area contributed by atoms with E-state index < -0.39 is 0 Å². The summed E-state index contributed by atoms with van der Waals surface area (Å²) < 4.78 is 17.3. The molecule has 0 aliphatic carbocycles. The van der Waals surface area contributed by atoms with Crippen molar-refractivity contribution in [2.24, 2.45) is 0 Å². The molecule has 4 nitrogen and oxygen atoms in total. The van der Waals surface area contributed by atoms with Crippen molar-refractivity contribution in [2.75, 3.05) is 13.7 Å². The zero-order valence-electron chi connectivity index (χ0n) is 12.4. The second kappa shape index (κ2) is 4.13. The van der Waals surface area contributed by atoms with Crippen LogP contribution in [0.5, 0.6) is 17.4 Å². The minimum atomic E-state index is -0.290. The Bertz CT molecular complexity index is 777. The molecule has 108 valence electrons. The molecule has 4 rings (SSSR count). The van der Waals surface area contributed by atoms with E-state index in [1.54, 1.807) is 7.11 Å². The van der Waals surface area contributed by atoms with Crippen LogP contribution in [0.3, 0.4) is 0 Å². The van der Waals surface area contributed by atoms with E-state index in [1.807, 2.05) is 26.0 Å². The van der Waals surface area contributed by atoms with Gasteiger partial charge in [0, 0.05) is 12.0 Å². The zero-order valence-corrected chi connectivity index (χ0v) is 12.4. The molecule has 21 heavy (non-hydrogen) atoms. The second-order valence-electron chi connectivity index (χ2n) is 5.94. The van der Waals surface area contributed by atoms with E-state index in [0.717, 1.165) is 39.9 Å². The minimum absolute atomic E-state index is 0.290. The highest BCUT2D eigenvalue weighted by Gasteiger charge is 2.27. The van der Waals surface area contributed by atoms with Crippen LogP contribution in [0.2, 0.25) is 0 Å². The first-order valence-electron chi connectivity index (χ1n) is 7.14. The smallest absolute Gasteiger partial charge is 0.221 e. The molecule has 4 heteroatoms. The van der Waals surface area contributed by atoms with Crippen LogP contribution in [-0.4, -0.2) is 24.3 Å². The summed E-state index contributed by atoms with van der Waals surface area (Å²) in [7, 11) is 1.70. The SMILES string of the molecule is COc1c2c(nc3ccc4c(c13)C=CC(C)(C)O4)OCC2. The predicted molar refractivity (Wildman–Crippen MR) is 81.2 cm³/mol. The van der Waals surface area contributed by atoms with Crippen LogP contribution in [0.4, 0.5) is 0 Å². The monoisotopic (exact) mass is 283 g/mol. The fourth-order valence-electron chi connectivity index (χ4n) is 3.02. The van der Waals surface area contributed by atoms with Gasteiger partial charge in [-0.3, -0.25) is 0 Å². The van der Waals surface area contributed by atoms with E-state index in [1.165, 1.54) is 0 Å². The van der Waals surface area contributed by atoms with Gasteiger partial charge < -0.3 is 14.2 Å². The molecule has 0 bridgehead atoms. The molecule has 2 aliphatic heterocycles. The summed E-state index contributed by atoms with van der Waals surface area (Å²) in [5.41, 5.74) is 2.67. The number of pyridine rings is 1. The highest BCUT2D eigenvalue weighted by atomic mass is 16.5. The first-order chi connectivity index (χ1) is 10.1. The lowest BCUT2D eigenvalue weighted by molar-refractivity contribution is 0.159. The van der Waals surface area contributed by atoms with Gasteiger partial charge in [0.05, 0.1) is 30.2 Å². The number of aromatic nitrogens is 1. The third kappa shape index (κ3) is 1.78. The number of nitrogens with zero attached hydrogens (tertiary/aromatic N) is 1. The van der Waals surface area contributed by atoms with E-state index in [2.05, 4.69) is 17.1 Å². The molecule has 0 saturated heterocycles. The molecule has 0 fully saturated rings. The van der Waals surface area contributed by atoms with Gasteiger partial charge >= 0.3 is 0 Å². The van der Waals surface area contributed by atoms with Gasteiger partial charge in [0.1, 0.15) is 17.1 Å². The number of ether oxygens (including phenoxy) is 3. The molecule has 0 radical (unpaired) electrons. The minimum Gasteiger partial charge on any atom is -0.496 e. The van der Waals surface area contributed by atoms with E-state index in [9.17, 15) is 0 Å². The summed E-state index contributed by atoms with van der Waals surface area (Å²) in [6, 6.07) is 3.94. The number of methoxy groups -OCH3 is 1. The van der Waals surface area contributed by atoms with Crippen molar-refractivity contribution >= 4 is 17.0 Å². The Kier molecular flexibility index (Phi) is 2.46. The van der Waals surface area contributed by atoms with E-state index in [-0.39, 0.29) is 5.60 Å². The molecule has 0 atom stereocenters. The van der Waals surface area contributed by atoms with Gasteiger partial charge in [0.2, 0.25) is 5.88 Å². The van der Waals surface area contributed by atoms with Gasteiger partial charge in [-0.25, -0.2) is 4.98 Å². The average molecular weight is 283 g/mol. The van der Waals surface area contributed by atoms with Crippen LogP contribution in [0.15, 0.2) is 18.2 Å². The van der Waals surface area contributed by atoms with Crippen molar-refractivity contribution in [3.05, 3.63) is 29.3 Å². The number of fused-ring (bicyclic) bond motifs is 4. The number of hydrogen-bond donors (Lipinski definition) is 0. The van der Waals surface area contributed by atoms with Gasteiger partial charge in [-0.15, -0.1) is 0 Å². The Morgan fingerprint density at radius 2 is 2.14 bits per heavy atom. The highest BCUT2D eigenvalue weighted by Crippen LogP contribution is 2.44. The molecular formula is C17H17NO3. The van der Waals surface area contributed by atoms with Gasteiger partial charge in [-0.2, -0.15) is 0 Å². The van der Waals surface area contributed by atoms with Crippen molar-refractivity contribution in [1.29, 1.82) is 0 Å². The third-order valence-electron chi connectivity index (χ3n) is 3.98. The number of benzene rings is 1. The van der Waals surface area contributed by atoms with Gasteiger partial charge in [0.15, 0.2) is 0 Å². The summed E-state index contributed by atoms with van der Waals surface area (Å²) >= 11 is 0. The molecule has 0 N–H and O–H groups in total. The maximum Gasteiger partial charge on any atom is 0.221 e. The van der Waals surface area contributed by atoms with Crippen LogP contribution < -0.4 is 14.2 Å². The molecule has 0 unspecified atom stereocenters. The molecule has 0 spiro atoms. The average Bonchev–Trinajstić information content (AvgIpc) is 2.91. The highest BCUT2D eigenvalue weighted by molar-refractivity contribution is 5.97. The largest absolute Gasteiger partial charge is 0.496 e. The fourth-order valence-corrected chi connectivity index (χ4v) is 3.02. The quantitative estimate of drug-likeness (QED) is 0.804. The normalized spacial score (nSPS) is 17.9. The molecule has 1 aromatic heterocycles. The summed E-state index contributed by atoms with van der Waals surface area (Å²) in [5.74, 6) is 2.42. The molecule has 2 aliphatic rings. The Morgan fingerprint density at radius 1 is 1.29 bits per heavy atom. The van der Waals surface area contributed by atoms with Crippen molar-refractivity contribution in [1.82, 2.24) is 4.98 Å². The predicted octanol–water partition coefficient (Wildman–Crippen LogP) is 3.36. The molecule has 3 heterocycles. The van der Waals surface area contributed by atoms with Gasteiger partial charge in [-0.1, -0.05) is 6.08 Å². The van der Waals surface area contributed by atoms with Crippen molar-refractivity contribution in [2.45, 2.75) is 25.9 Å². The van der Waals surface area contributed by atoms with Crippen LogP contribution in [0.1, 0.15) is 25.0 Å². The molecular weight excluding hydrogens is 266 g/mol. The fraction of sp³-hybridized carbons (Fsp3) is 0.353. The summed E-state index contributed by atoms with van der Waals surface area (Å²) in [5, 5.41) is 1.01. The standard InChI is InChI=1S/C17H17NO3/c1-17(2)8-6-10-13(21-17)5-4-12-14(10)15(19-3)11-7-9-20-16(11)18-12/h4-6,8H,7,9H2,1-3H3. The van der Waals surface area contributed by atoms with Crippen LogP contribution in [0.25, 0.3) is 17.0 Å². The maximum absolute atomic E-state index is 6.04. The van der Waals surface area contributed by atoms with Crippen LogP contribution in [-0.2, 0) is 6.42 Å². The van der Waals surface area contributed by atoms with Crippen molar-refractivity contribution < 1.29 is 14.2 Å². The first kappa shape index (κ1) is 12.5. The van der Waals surface area contributed by atoms with Gasteiger partial charge in [-0.05, 0) is 32.1 Å². The summed E-state index contributed by atoms with van der Waals surface area (Å²) in [6.07, 6.45) is 5.01. The van der Waals surface area contributed by atoms with Crippen LogP contribution in [0, 0.1) is 0 Å². The van der Waals surface area contributed by atoms with E-state index in [0.29, 0.717) is 12.5 Å². The molecule has 0 saturated carbocycles. The number of rotatable bonds is 1. The lowest BCUT2D eigenvalue weighted by Gasteiger charge is -2.28. The Morgan fingerprint density at radius 3 is 2.95 bits per heavy atom. The van der Waals surface area contributed by atoms with Gasteiger partial charge in [0.25, 0.3) is 0 Å². The lowest BCUT2D eigenvalue weighted by Crippen LogP contribution is -2.27. The second-order valence-corrected chi connectivity index (χ2v) is 5.94. The Balaban J connectivity index is 2.06. The lowest BCUT2D eigenvalue weighted by atomic mass is 9.97. The number of hydrogen-bond acceptors (Lipinski definition) is 4. The molecule has 1 aromatic carbocycles. The third-order valence-corrected chi connectivity index (χ3v) is 3.98. The summed E-state index contributed by atoms with van der Waals surface area (Å²) in [6.45, 7) is 4.75. The van der Waals surface area contributed by atoms with Crippen molar-refractivity contribution in [3.8, 4) is 17.4 Å². The van der Waals surface area contributed by atoms with E-state index >= 15 is 0 Å².